The van der Waals surface area contributed by atoms with Gasteiger partial charge in [-0.15, -0.1) is 5.11 Å². The number of aromatic nitrogens is 1. The van der Waals surface area contributed by atoms with Crippen LogP contribution in [0.15, 0.2) is 49.3 Å². The predicted octanol–water partition coefficient (Wildman–Crippen LogP) is 4.86. The highest BCUT2D eigenvalue weighted by atomic mass is 79.9. The Hall–Kier alpha value is -2.26. The molecule has 0 unspecified atom stereocenters. The number of sulfonamides is 1. The molecule has 1 aromatic heterocycles. The van der Waals surface area contributed by atoms with Gasteiger partial charge in [0.05, 0.1) is 10.4 Å². The maximum atomic E-state index is 13.6. The van der Waals surface area contributed by atoms with Gasteiger partial charge >= 0.3 is 0 Å². The van der Waals surface area contributed by atoms with Gasteiger partial charge in [0.2, 0.25) is 5.88 Å². The van der Waals surface area contributed by atoms with E-state index in [4.69, 9.17) is 0 Å². The zero-order valence-electron chi connectivity index (χ0n) is 13.2. The zero-order valence-corrected chi connectivity index (χ0v) is 15.6. The van der Waals surface area contributed by atoms with Crippen LogP contribution in [0.4, 0.5) is 10.1 Å². The van der Waals surface area contributed by atoms with Crippen molar-refractivity contribution < 1.29 is 17.9 Å². The molecule has 0 saturated carbocycles. The van der Waals surface area contributed by atoms with Crippen molar-refractivity contribution in [3.63, 3.8) is 0 Å². The van der Waals surface area contributed by atoms with Gasteiger partial charge in [0.1, 0.15) is 5.82 Å². The summed E-state index contributed by atoms with van der Waals surface area (Å²) >= 11 is 3.17. The van der Waals surface area contributed by atoms with Crippen LogP contribution in [0.1, 0.15) is 11.1 Å². The Morgan fingerprint density at radius 1 is 1.20 bits per heavy atom. The van der Waals surface area contributed by atoms with Crippen LogP contribution in [-0.2, 0) is 10.0 Å². The molecule has 130 valence electrons. The number of hydrogen-bond acceptors (Lipinski definition) is 4. The molecule has 1 heterocycles. The molecule has 2 N–H and O–H groups in total. The number of rotatable bonds is 3. The molecule has 0 bridgehead atoms. The van der Waals surface area contributed by atoms with E-state index in [1.54, 1.807) is 26.0 Å². The van der Waals surface area contributed by atoms with Crippen molar-refractivity contribution >= 4 is 42.5 Å². The van der Waals surface area contributed by atoms with E-state index in [1.165, 1.54) is 12.1 Å². The summed E-state index contributed by atoms with van der Waals surface area (Å²) in [7, 11) is -4.07. The van der Waals surface area contributed by atoms with Crippen molar-refractivity contribution in [2.24, 2.45) is 9.63 Å². The number of aromatic amines is 1. The molecule has 0 aliphatic carbocycles. The number of nitrogens with one attached hydrogen (secondary N) is 1. The van der Waals surface area contributed by atoms with E-state index in [0.29, 0.717) is 15.6 Å². The molecular weight excluding hydrogens is 413 g/mol. The SMILES string of the molecule is Cc1ccc(C)c(S(=O)(=O)N=Nc2c(O)[nH]c3c(Br)cc(F)cc23)c1. The second kappa shape index (κ2) is 6.23. The second-order valence-corrected chi connectivity index (χ2v) is 7.97. The minimum Gasteiger partial charge on any atom is -0.493 e. The highest BCUT2D eigenvalue weighted by Gasteiger charge is 2.19. The summed E-state index contributed by atoms with van der Waals surface area (Å²) in [6.07, 6.45) is 0. The van der Waals surface area contributed by atoms with Crippen molar-refractivity contribution in [1.29, 1.82) is 0 Å². The van der Waals surface area contributed by atoms with Crippen molar-refractivity contribution in [3.05, 3.63) is 51.7 Å². The number of benzene rings is 2. The van der Waals surface area contributed by atoms with Crippen LogP contribution in [0.25, 0.3) is 10.9 Å². The first-order chi connectivity index (χ1) is 11.7. The molecule has 0 saturated heterocycles. The van der Waals surface area contributed by atoms with Crippen molar-refractivity contribution in [1.82, 2.24) is 4.98 Å². The standard InChI is InChI=1S/C16H13BrFN3O3S/c1-8-3-4-9(2)13(5-8)25(23,24)21-20-15-11-6-10(18)7-12(17)14(11)19-16(15)22/h3-7,19,22H,1-2H3. The Morgan fingerprint density at radius 2 is 1.92 bits per heavy atom. The molecule has 0 aliphatic heterocycles. The molecule has 25 heavy (non-hydrogen) atoms. The van der Waals surface area contributed by atoms with Gasteiger partial charge in [0, 0.05) is 9.86 Å². The first-order valence-electron chi connectivity index (χ1n) is 7.14. The summed E-state index contributed by atoms with van der Waals surface area (Å²) < 4.78 is 42.3. The van der Waals surface area contributed by atoms with Gasteiger partial charge in [-0.25, -0.2) is 4.39 Å². The molecule has 0 atom stereocenters. The average molecular weight is 426 g/mol. The lowest BCUT2D eigenvalue weighted by Gasteiger charge is -2.03. The molecular formula is C16H13BrFN3O3S. The minimum absolute atomic E-state index is 0.0305. The van der Waals surface area contributed by atoms with Crippen molar-refractivity contribution in [2.45, 2.75) is 18.7 Å². The van der Waals surface area contributed by atoms with Crippen LogP contribution < -0.4 is 0 Å². The molecule has 0 aliphatic rings. The van der Waals surface area contributed by atoms with Gasteiger partial charge < -0.3 is 10.1 Å². The molecule has 0 radical (unpaired) electrons. The maximum absolute atomic E-state index is 13.6. The topological polar surface area (TPSA) is 94.9 Å². The van der Waals surface area contributed by atoms with Crippen LogP contribution in [0.3, 0.4) is 0 Å². The summed E-state index contributed by atoms with van der Waals surface area (Å²) in [5, 5.41) is 13.8. The van der Waals surface area contributed by atoms with E-state index in [0.717, 1.165) is 11.6 Å². The Bertz CT molecular complexity index is 1120. The first kappa shape index (κ1) is 17.6. The maximum Gasteiger partial charge on any atom is 0.300 e. The summed E-state index contributed by atoms with van der Waals surface area (Å²) in [4.78, 5) is 2.64. The fraction of sp³-hybridized carbons (Fsp3) is 0.125. The van der Waals surface area contributed by atoms with Crippen LogP contribution in [0.2, 0.25) is 0 Å². The van der Waals surface area contributed by atoms with Crippen LogP contribution in [0, 0.1) is 19.7 Å². The lowest BCUT2D eigenvalue weighted by molar-refractivity contribution is 0.459. The number of fused-ring (bicyclic) bond motifs is 1. The highest BCUT2D eigenvalue weighted by molar-refractivity contribution is 9.10. The van der Waals surface area contributed by atoms with Gasteiger partial charge in [0.25, 0.3) is 10.0 Å². The summed E-state index contributed by atoms with van der Waals surface area (Å²) in [6.45, 7) is 3.42. The molecule has 3 aromatic rings. The van der Waals surface area contributed by atoms with Gasteiger partial charge in [-0.1, -0.05) is 16.7 Å². The molecule has 0 spiro atoms. The molecule has 2 aromatic carbocycles. The number of nitrogens with zero attached hydrogens (tertiary/aromatic N) is 2. The number of aryl methyl sites for hydroxylation is 2. The van der Waals surface area contributed by atoms with Crippen molar-refractivity contribution in [3.8, 4) is 5.88 Å². The molecule has 3 rings (SSSR count). The van der Waals surface area contributed by atoms with Crippen molar-refractivity contribution in [2.75, 3.05) is 0 Å². The Labute approximate surface area is 151 Å². The third-order valence-corrected chi connectivity index (χ3v) is 5.57. The van der Waals surface area contributed by atoms with Gasteiger partial charge in [0.15, 0.2) is 5.69 Å². The molecule has 0 amide bonds. The van der Waals surface area contributed by atoms with Gasteiger partial charge in [-0.3, -0.25) is 0 Å². The van der Waals surface area contributed by atoms with E-state index in [9.17, 15) is 17.9 Å². The monoisotopic (exact) mass is 425 g/mol. The molecule has 6 nitrogen and oxygen atoms in total. The number of aromatic hydroxyl groups is 1. The first-order valence-corrected chi connectivity index (χ1v) is 9.37. The third-order valence-electron chi connectivity index (χ3n) is 3.65. The van der Waals surface area contributed by atoms with E-state index in [2.05, 4.69) is 30.5 Å². The number of halogens is 2. The van der Waals surface area contributed by atoms with Crippen LogP contribution >= 0.6 is 15.9 Å². The third kappa shape index (κ3) is 3.29. The van der Waals surface area contributed by atoms with Gasteiger partial charge in [-0.2, -0.15) is 8.42 Å². The lowest BCUT2D eigenvalue weighted by atomic mass is 10.2. The molecule has 0 fully saturated rings. The minimum atomic E-state index is -4.07. The van der Waals surface area contributed by atoms with E-state index in [-0.39, 0.29) is 16.0 Å². The second-order valence-electron chi connectivity index (χ2n) is 5.56. The number of hydrogen-bond donors (Lipinski definition) is 2. The largest absolute Gasteiger partial charge is 0.493 e. The highest BCUT2D eigenvalue weighted by Crippen LogP contribution is 2.39. The summed E-state index contributed by atoms with van der Waals surface area (Å²) in [5.74, 6) is -0.964. The number of H-pyrrole nitrogens is 1. The smallest absolute Gasteiger partial charge is 0.300 e. The predicted molar refractivity (Wildman–Crippen MR) is 95.2 cm³/mol. The summed E-state index contributed by atoms with van der Waals surface area (Å²) in [5.41, 5.74) is 1.53. The van der Waals surface area contributed by atoms with E-state index < -0.39 is 21.7 Å². The molecule has 9 heteroatoms. The normalized spacial score (nSPS) is 12.3. The quantitative estimate of drug-likeness (QED) is 0.586. The van der Waals surface area contributed by atoms with E-state index >= 15 is 0 Å². The fourth-order valence-corrected chi connectivity index (χ4v) is 4.04. The van der Waals surface area contributed by atoms with Crippen LogP contribution in [-0.4, -0.2) is 18.5 Å². The Kier molecular flexibility index (Phi) is 4.38. The van der Waals surface area contributed by atoms with Gasteiger partial charge in [-0.05, 0) is 59.1 Å². The lowest BCUT2D eigenvalue weighted by Crippen LogP contribution is -1.99. The zero-order chi connectivity index (χ0) is 18.4. The average Bonchev–Trinajstić information content (AvgIpc) is 2.84. The Morgan fingerprint density at radius 3 is 2.64 bits per heavy atom. The van der Waals surface area contributed by atoms with E-state index in [1.807, 2.05) is 0 Å². The fourth-order valence-electron chi connectivity index (χ4n) is 2.42. The summed E-state index contributed by atoms with van der Waals surface area (Å²) in [6, 6.07) is 7.31. The van der Waals surface area contributed by atoms with Crippen LogP contribution in [0.5, 0.6) is 5.88 Å². The Balaban J connectivity index is 2.12.